The molecule has 1 aliphatic carbocycles. The Bertz CT molecular complexity index is 510. The van der Waals surface area contributed by atoms with Crippen molar-refractivity contribution < 1.29 is 23.8 Å². The molecule has 0 N–H and O–H groups in total. The maximum Gasteiger partial charge on any atom is 0.303 e. The van der Waals surface area contributed by atoms with Gasteiger partial charge in [-0.3, -0.25) is 9.59 Å². The summed E-state index contributed by atoms with van der Waals surface area (Å²) in [5.74, 6) is -0.0513. The van der Waals surface area contributed by atoms with Crippen LogP contribution in [0.1, 0.15) is 60.3 Å². The predicted molar refractivity (Wildman–Crippen MR) is 90.3 cm³/mol. The lowest BCUT2D eigenvalue weighted by Crippen LogP contribution is -2.37. The molecule has 0 bridgehead atoms. The molecule has 0 amide bonds. The lowest BCUT2D eigenvalue weighted by atomic mass is 9.75. The van der Waals surface area contributed by atoms with Gasteiger partial charge in [-0.15, -0.1) is 0 Å². The highest BCUT2D eigenvalue weighted by Crippen LogP contribution is 2.42. The molecule has 1 aliphatic heterocycles. The van der Waals surface area contributed by atoms with Crippen LogP contribution in [0.15, 0.2) is 12.2 Å². The zero-order valence-corrected chi connectivity index (χ0v) is 15.5. The summed E-state index contributed by atoms with van der Waals surface area (Å²) in [6.07, 6.45) is 2.82. The summed E-state index contributed by atoms with van der Waals surface area (Å²) in [5.41, 5.74) is 0.669. The van der Waals surface area contributed by atoms with E-state index in [1.165, 1.54) is 13.8 Å². The van der Waals surface area contributed by atoms with Gasteiger partial charge in [0.2, 0.25) is 0 Å². The molecule has 0 spiro atoms. The SMILES string of the molecule is C=C([C@H](C[C@@H]1OC1(C)C)OC(C)=O)[C@@H]1C[C@@H](C)CC[C@H]1OC(C)=O. The zero-order valence-electron chi connectivity index (χ0n) is 15.5. The molecule has 2 fully saturated rings. The van der Waals surface area contributed by atoms with Crippen LogP contribution < -0.4 is 0 Å². The number of hydrogen-bond acceptors (Lipinski definition) is 5. The highest BCUT2D eigenvalue weighted by Gasteiger charge is 2.50. The van der Waals surface area contributed by atoms with E-state index >= 15 is 0 Å². The van der Waals surface area contributed by atoms with Crippen molar-refractivity contribution in [3.05, 3.63) is 12.2 Å². The Morgan fingerprint density at radius 2 is 1.88 bits per heavy atom. The third-order valence-corrected chi connectivity index (χ3v) is 5.16. The lowest BCUT2D eigenvalue weighted by molar-refractivity contribution is -0.153. The second-order valence-electron chi connectivity index (χ2n) is 7.79. The second-order valence-corrected chi connectivity index (χ2v) is 7.79. The van der Waals surface area contributed by atoms with E-state index in [2.05, 4.69) is 13.5 Å². The van der Waals surface area contributed by atoms with Gasteiger partial charge < -0.3 is 14.2 Å². The van der Waals surface area contributed by atoms with E-state index in [0.717, 1.165) is 24.8 Å². The van der Waals surface area contributed by atoms with Crippen LogP contribution in [0.3, 0.4) is 0 Å². The number of hydrogen-bond donors (Lipinski definition) is 0. The molecule has 1 heterocycles. The third kappa shape index (κ3) is 4.82. The maximum absolute atomic E-state index is 11.5. The van der Waals surface area contributed by atoms with Gasteiger partial charge in [-0.1, -0.05) is 13.5 Å². The smallest absolute Gasteiger partial charge is 0.303 e. The molecule has 5 atom stereocenters. The van der Waals surface area contributed by atoms with E-state index in [0.29, 0.717) is 12.3 Å². The number of ether oxygens (including phenoxy) is 3. The number of rotatable bonds is 6. The van der Waals surface area contributed by atoms with Crippen molar-refractivity contribution in [2.75, 3.05) is 0 Å². The highest BCUT2D eigenvalue weighted by molar-refractivity contribution is 5.67. The minimum absolute atomic E-state index is 0.0175. The molecule has 0 aromatic carbocycles. The van der Waals surface area contributed by atoms with Crippen LogP contribution in [0, 0.1) is 11.8 Å². The van der Waals surface area contributed by atoms with E-state index in [4.69, 9.17) is 14.2 Å². The Kier molecular flexibility index (Phi) is 5.74. The first kappa shape index (κ1) is 19.0. The van der Waals surface area contributed by atoms with Crippen LogP contribution in [-0.2, 0) is 23.8 Å². The van der Waals surface area contributed by atoms with Crippen LogP contribution in [0.4, 0.5) is 0 Å². The standard InChI is InChI=1S/C19H30O5/c1-11-7-8-16(22-13(3)20)15(9-11)12(2)17(23-14(4)21)10-18-19(5,6)24-18/h11,15-18H,2,7-10H2,1,3-6H3/t11-,15-,16+,17-,18-/m0/s1. The molecular formula is C19H30O5. The zero-order chi connectivity index (χ0) is 18.1. The van der Waals surface area contributed by atoms with Crippen LogP contribution in [0.5, 0.6) is 0 Å². The number of carbonyl (C=O) groups excluding carboxylic acids is 2. The average Bonchev–Trinajstić information content (AvgIpc) is 3.05. The molecule has 2 aliphatic rings. The van der Waals surface area contributed by atoms with Gasteiger partial charge in [0, 0.05) is 26.2 Å². The van der Waals surface area contributed by atoms with Gasteiger partial charge in [0.15, 0.2) is 0 Å². The summed E-state index contributed by atoms with van der Waals surface area (Å²) in [6, 6.07) is 0. The van der Waals surface area contributed by atoms with Gasteiger partial charge in [0.25, 0.3) is 0 Å². The van der Waals surface area contributed by atoms with Gasteiger partial charge in [0.05, 0.1) is 11.7 Å². The Balaban J connectivity index is 2.11. The fourth-order valence-electron chi connectivity index (χ4n) is 3.67. The van der Waals surface area contributed by atoms with Gasteiger partial charge in [-0.25, -0.2) is 0 Å². The van der Waals surface area contributed by atoms with Crippen LogP contribution >= 0.6 is 0 Å². The van der Waals surface area contributed by atoms with Crippen molar-refractivity contribution in [2.45, 2.75) is 84.2 Å². The summed E-state index contributed by atoms with van der Waals surface area (Å²) < 4.78 is 16.7. The van der Waals surface area contributed by atoms with Crippen molar-refractivity contribution in [1.29, 1.82) is 0 Å². The number of epoxide rings is 1. The molecule has 2 rings (SSSR count). The van der Waals surface area contributed by atoms with Gasteiger partial charge >= 0.3 is 11.9 Å². The molecule has 5 heteroatoms. The minimum atomic E-state index is -0.400. The first-order valence-corrected chi connectivity index (χ1v) is 8.81. The third-order valence-electron chi connectivity index (χ3n) is 5.16. The molecular weight excluding hydrogens is 308 g/mol. The van der Waals surface area contributed by atoms with E-state index in [9.17, 15) is 9.59 Å². The van der Waals surface area contributed by atoms with E-state index in [-0.39, 0.29) is 35.7 Å². The minimum Gasteiger partial charge on any atom is -0.462 e. The monoisotopic (exact) mass is 338 g/mol. The molecule has 0 aromatic rings. The Labute approximate surface area is 144 Å². The summed E-state index contributed by atoms with van der Waals surface area (Å²) in [6.45, 7) is 13.3. The Morgan fingerprint density at radius 1 is 1.25 bits per heavy atom. The summed E-state index contributed by atoms with van der Waals surface area (Å²) in [4.78, 5) is 23.0. The fourth-order valence-corrected chi connectivity index (χ4v) is 3.67. The molecule has 1 saturated carbocycles. The summed E-state index contributed by atoms with van der Waals surface area (Å²) in [7, 11) is 0. The Hall–Kier alpha value is -1.36. The molecule has 0 unspecified atom stereocenters. The van der Waals surface area contributed by atoms with Crippen molar-refractivity contribution in [1.82, 2.24) is 0 Å². The van der Waals surface area contributed by atoms with Crippen molar-refractivity contribution in [2.24, 2.45) is 11.8 Å². The van der Waals surface area contributed by atoms with Crippen molar-refractivity contribution >= 4 is 11.9 Å². The number of carbonyl (C=O) groups is 2. The summed E-state index contributed by atoms with van der Waals surface area (Å²) >= 11 is 0. The molecule has 0 radical (unpaired) electrons. The molecule has 1 saturated heterocycles. The predicted octanol–water partition coefficient (Wildman–Crippen LogP) is 3.41. The molecule has 136 valence electrons. The van der Waals surface area contributed by atoms with Crippen molar-refractivity contribution in [3.8, 4) is 0 Å². The van der Waals surface area contributed by atoms with Gasteiger partial charge in [0.1, 0.15) is 12.2 Å². The van der Waals surface area contributed by atoms with Crippen LogP contribution in [-0.4, -0.2) is 35.9 Å². The fraction of sp³-hybridized carbons (Fsp3) is 0.789. The highest BCUT2D eigenvalue weighted by atomic mass is 16.6. The quantitative estimate of drug-likeness (QED) is 0.422. The topological polar surface area (TPSA) is 65.1 Å². The lowest BCUT2D eigenvalue weighted by Gasteiger charge is -2.37. The van der Waals surface area contributed by atoms with Crippen LogP contribution in [0.25, 0.3) is 0 Å². The number of esters is 2. The first-order valence-electron chi connectivity index (χ1n) is 8.81. The largest absolute Gasteiger partial charge is 0.462 e. The van der Waals surface area contributed by atoms with E-state index in [1.54, 1.807) is 0 Å². The van der Waals surface area contributed by atoms with E-state index < -0.39 is 6.10 Å². The Morgan fingerprint density at radius 3 is 2.38 bits per heavy atom. The normalized spacial score (nSPS) is 32.5. The second kappa shape index (κ2) is 7.26. The molecule has 0 aromatic heterocycles. The molecule has 24 heavy (non-hydrogen) atoms. The summed E-state index contributed by atoms with van der Waals surface area (Å²) in [5, 5.41) is 0. The first-order chi connectivity index (χ1) is 11.1. The van der Waals surface area contributed by atoms with Gasteiger partial charge in [-0.05, 0) is 44.6 Å². The van der Waals surface area contributed by atoms with E-state index in [1.807, 2.05) is 13.8 Å². The average molecular weight is 338 g/mol. The maximum atomic E-state index is 11.5. The van der Waals surface area contributed by atoms with Crippen LogP contribution in [0.2, 0.25) is 0 Å². The van der Waals surface area contributed by atoms with Gasteiger partial charge in [-0.2, -0.15) is 0 Å². The molecule has 5 nitrogen and oxygen atoms in total. The van der Waals surface area contributed by atoms with Crippen molar-refractivity contribution in [3.63, 3.8) is 0 Å².